The molecule has 0 atom stereocenters. The zero-order valence-corrected chi connectivity index (χ0v) is 12.4. The molecular weight excluding hydrogens is 285 g/mol. The Bertz CT molecular complexity index is 557. The highest BCUT2D eigenvalue weighted by atomic mass is 35.5. The van der Waals surface area contributed by atoms with Crippen molar-refractivity contribution in [3.05, 3.63) is 39.6 Å². The fraction of sp³-hybridized carbons (Fsp3) is 0.385. The molecule has 0 amide bonds. The maximum absolute atomic E-state index is 13.7. The number of rotatable bonds is 5. The van der Waals surface area contributed by atoms with Crippen molar-refractivity contribution in [3.63, 3.8) is 0 Å². The van der Waals surface area contributed by atoms with E-state index in [1.807, 2.05) is 0 Å². The van der Waals surface area contributed by atoms with Gasteiger partial charge in [-0.05, 0) is 12.0 Å². The Morgan fingerprint density at radius 1 is 1.37 bits per heavy atom. The predicted molar refractivity (Wildman–Crippen MR) is 77.2 cm³/mol. The first-order valence-corrected chi connectivity index (χ1v) is 7.25. The standard InChI is InChI=1S/C13H15ClFN3S/c1-8(2)6-11-17-18-13(19-11)16-7-9-4-3-5-10(14)12(9)15/h3-5,8H,6-7H2,1-2H3,(H,16,18). The first kappa shape index (κ1) is 14.2. The third kappa shape index (κ3) is 3.88. The van der Waals surface area contributed by atoms with Gasteiger partial charge < -0.3 is 5.32 Å². The molecule has 0 fully saturated rings. The van der Waals surface area contributed by atoms with E-state index >= 15 is 0 Å². The molecule has 0 saturated carbocycles. The Kier molecular flexibility index (Phi) is 4.71. The van der Waals surface area contributed by atoms with E-state index in [9.17, 15) is 4.39 Å². The van der Waals surface area contributed by atoms with E-state index in [0.717, 1.165) is 11.4 Å². The summed E-state index contributed by atoms with van der Waals surface area (Å²) in [6.07, 6.45) is 0.908. The Labute approximate surface area is 120 Å². The van der Waals surface area contributed by atoms with Gasteiger partial charge >= 0.3 is 0 Å². The van der Waals surface area contributed by atoms with E-state index in [1.165, 1.54) is 17.4 Å². The number of halogens is 2. The summed E-state index contributed by atoms with van der Waals surface area (Å²) in [5.41, 5.74) is 0.521. The predicted octanol–water partition coefficient (Wildman–Crippen LogP) is 4.14. The molecule has 0 saturated heterocycles. The average Bonchev–Trinajstić information content (AvgIpc) is 2.78. The van der Waals surface area contributed by atoms with Gasteiger partial charge in [-0.3, -0.25) is 0 Å². The molecule has 0 aliphatic heterocycles. The van der Waals surface area contributed by atoms with Gasteiger partial charge in [-0.2, -0.15) is 0 Å². The van der Waals surface area contributed by atoms with Crippen LogP contribution < -0.4 is 5.32 Å². The molecule has 0 aliphatic carbocycles. The van der Waals surface area contributed by atoms with Crippen molar-refractivity contribution in [2.24, 2.45) is 5.92 Å². The number of hydrogen-bond acceptors (Lipinski definition) is 4. The molecule has 0 radical (unpaired) electrons. The van der Waals surface area contributed by atoms with Gasteiger partial charge in [0, 0.05) is 18.5 Å². The van der Waals surface area contributed by atoms with Crippen molar-refractivity contribution in [2.75, 3.05) is 5.32 Å². The largest absolute Gasteiger partial charge is 0.356 e. The Morgan fingerprint density at radius 2 is 2.16 bits per heavy atom. The van der Waals surface area contributed by atoms with Crippen LogP contribution in [0, 0.1) is 11.7 Å². The Balaban J connectivity index is 1.98. The van der Waals surface area contributed by atoms with Crippen LogP contribution in [0.3, 0.4) is 0 Å². The topological polar surface area (TPSA) is 37.8 Å². The van der Waals surface area contributed by atoms with Crippen molar-refractivity contribution in [3.8, 4) is 0 Å². The fourth-order valence-electron chi connectivity index (χ4n) is 1.61. The summed E-state index contributed by atoms with van der Waals surface area (Å²) in [5.74, 6) is 0.162. The molecule has 19 heavy (non-hydrogen) atoms. The lowest BCUT2D eigenvalue weighted by molar-refractivity contribution is 0.613. The average molecular weight is 300 g/mol. The van der Waals surface area contributed by atoms with Gasteiger partial charge in [-0.1, -0.05) is 48.9 Å². The SMILES string of the molecule is CC(C)Cc1nnc(NCc2cccc(Cl)c2F)s1. The molecule has 1 aromatic heterocycles. The number of aromatic nitrogens is 2. The van der Waals surface area contributed by atoms with Crippen LogP contribution in [0.4, 0.5) is 9.52 Å². The van der Waals surface area contributed by atoms with Gasteiger partial charge in [-0.25, -0.2) is 4.39 Å². The maximum atomic E-state index is 13.7. The normalized spacial score (nSPS) is 11.0. The number of nitrogens with zero attached hydrogens (tertiary/aromatic N) is 2. The molecule has 0 aliphatic rings. The zero-order chi connectivity index (χ0) is 13.8. The molecule has 2 rings (SSSR count). The summed E-state index contributed by atoms with van der Waals surface area (Å²) in [7, 11) is 0. The van der Waals surface area contributed by atoms with Gasteiger partial charge in [0.05, 0.1) is 5.02 Å². The smallest absolute Gasteiger partial charge is 0.205 e. The summed E-state index contributed by atoms with van der Waals surface area (Å²) in [6, 6.07) is 4.96. The van der Waals surface area contributed by atoms with E-state index in [0.29, 0.717) is 23.2 Å². The van der Waals surface area contributed by atoms with Crippen molar-refractivity contribution in [1.82, 2.24) is 10.2 Å². The second-order valence-electron chi connectivity index (χ2n) is 4.67. The quantitative estimate of drug-likeness (QED) is 0.901. The fourth-order valence-corrected chi connectivity index (χ4v) is 2.75. The lowest BCUT2D eigenvalue weighted by Gasteiger charge is -2.04. The Morgan fingerprint density at radius 3 is 2.89 bits per heavy atom. The van der Waals surface area contributed by atoms with E-state index in [4.69, 9.17) is 11.6 Å². The highest BCUT2D eigenvalue weighted by Gasteiger charge is 2.08. The van der Waals surface area contributed by atoms with E-state index < -0.39 is 0 Å². The third-order valence-corrected chi connectivity index (χ3v) is 3.71. The van der Waals surface area contributed by atoms with Gasteiger partial charge in [0.2, 0.25) is 5.13 Å². The van der Waals surface area contributed by atoms with Gasteiger partial charge in [0.15, 0.2) is 0 Å². The van der Waals surface area contributed by atoms with Crippen LogP contribution in [-0.2, 0) is 13.0 Å². The first-order valence-electron chi connectivity index (χ1n) is 6.05. The molecule has 1 heterocycles. The lowest BCUT2D eigenvalue weighted by Crippen LogP contribution is -2.01. The number of benzene rings is 1. The van der Waals surface area contributed by atoms with Crippen LogP contribution in [0.25, 0.3) is 0 Å². The molecule has 1 aromatic carbocycles. The van der Waals surface area contributed by atoms with Gasteiger partial charge in [0.25, 0.3) is 0 Å². The number of hydrogen-bond donors (Lipinski definition) is 1. The second-order valence-corrected chi connectivity index (χ2v) is 6.13. The monoisotopic (exact) mass is 299 g/mol. The Hall–Kier alpha value is -1.20. The molecule has 0 unspecified atom stereocenters. The highest BCUT2D eigenvalue weighted by molar-refractivity contribution is 7.15. The summed E-state index contributed by atoms with van der Waals surface area (Å²) in [5, 5.41) is 13.0. The third-order valence-electron chi connectivity index (χ3n) is 2.51. The minimum atomic E-state index is -0.386. The lowest BCUT2D eigenvalue weighted by atomic mass is 10.1. The summed E-state index contributed by atoms with van der Waals surface area (Å²) in [4.78, 5) is 0. The second kappa shape index (κ2) is 6.30. The molecule has 3 nitrogen and oxygen atoms in total. The van der Waals surface area contributed by atoms with Crippen LogP contribution in [0.5, 0.6) is 0 Å². The van der Waals surface area contributed by atoms with Crippen molar-refractivity contribution < 1.29 is 4.39 Å². The minimum absolute atomic E-state index is 0.136. The minimum Gasteiger partial charge on any atom is -0.356 e. The molecular formula is C13H15ClFN3S. The van der Waals surface area contributed by atoms with Crippen LogP contribution in [0.15, 0.2) is 18.2 Å². The molecule has 102 valence electrons. The first-order chi connectivity index (χ1) is 9.06. The maximum Gasteiger partial charge on any atom is 0.205 e. The zero-order valence-electron chi connectivity index (χ0n) is 10.8. The summed E-state index contributed by atoms with van der Waals surface area (Å²) < 4.78 is 13.7. The van der Waals surface area contributed by atoms with Crippen LogP contribution >= 0.6 is 22.9 Å². The van der Waals surface area contributed by atoms with Gasteiger partial charge in [-0.15, -0.1) is 10.2 Å². The highest BCUT2D eigenvalue weighted by Crippen LogP contribution is 2.21. The molecule has 0 bridgehead atoms. The van der Waals surface area contributed by atoms with Gasteiger partial charge in [0.1, 0.15) is 10.8 Å². The molecule has 6 heteroatoms. The molecule has 0 spiro atoms. The van der Waals surface area contributed by atoms with E-state index in [-0.39, 0.29) is 10.8 Å². The number of nitrogens with one attached hydrogen (secondary N) is 1. The van der Waals surface area contributed by atoms with Crippen LogP contribution in [0.2, 0.25) is 5.02 Å². The summed E-state index contributed by atoms with van der Waals surface area (Å²) >= 11 is 7.23. The molecule has 2 aromatic rings. The van der Waals surface area contributed by atoms with E-state index in [2.05, 4.69) is 29.4 Å². The van der Waals surface area contributed by atoms with Crippen molar-refractivity contribution >= 4 is 28.1 Å². The number of anilines is 1. The van der Waals surface area contributed by atoms with Crippen LogP contribution in [0.1, 0.15) is 24.4 Å². The summed E-state index contributed by atoms with van der Waals surface area (Å²) in [6.45, 7) is 4.62. The van der Waals surface area contributed by atoms with Crippen molar-refractivity contribution in [2.45, 2.75) is 26.8 Å². The van der Waals surface area contributed by atoms with Crippen molar-refractivity contribution in [1.29, 1.82) is 0 Å². The van der Waals surface area contributed by atoms with E-state index in [1.54, 1.807) is 12.1 Å². The molecule has 1 N–H and O–H groups in total. The van der Waals surface area contributed by atoms with Crippen LogP contribution in [-0.4, -0.2) is 10.2 Å².